The van der Waals surface area contributed by atoms with Gasteiger partial charge < -0.3 is 14.6 Å². The van der Waals surface area contributed by atoms with Crippen LogP contribution in [0.25, 0.3) is 0 Å². The Morgan fingerprint density at radius 2 is 1.97 bits per heavy atom. The summed E-state index contributed by atoms with van der Waals surface area (Å²) in [6.45, 7) is 0.149. The second-order valence-electron chi connectivity index (χ2n) is 6.99. The zero-order valence-corrected chi connectivity index (χ0v) is 15.9. The molecule has 0 radical (unpaired) electrons. The monoisotopic (exact) mass is 437 g/mol. The molecule has 12 heteroatoms. The van der Waals surface area contributed by atoms with Gasteiger partial charge in [-0.05, 0) is 23.8 Å². The van der Waals surface area contributed by atoms with Crippen molar-refractivity contribution >= 4 is 17.8 Å². The van der Waals surface area contributed by atoms with Gasteiger partial charge in [-0.15, -0.1) is 5.10 Å². The fourth-order valence-electron chi connectivity index (χ4n) is 3.20. The number of nitrogens with one attached hydrogen (secondary N) is 1. The van der Waals surface area contributed by atoms with Gasteiger partial charge in [0.1, 0.15) is 24.0 Å². The summed E-state index contributed by atoms with van der Waals surface area (Å²) in [4.78, 5) is 30.2. The zero-order valence-electron chi connectivity index (χ0n) is 15.9. The number of hydrogen-bond acceptors (Lipinski definition) is 6. The third-order valence-electron chi connectivity index (χ3n) is 4.79. The van der Waals surface area contributed by atoms with Crippen LogP contribution in [0.2, 0.25) is 0 Å². The molecule has 2 unspecified atom stereocenters. The molecule has 162 valence electrons. The Balaban J connectivity index is 1.71. The molecule has 3 aromatic rings. The number of benzene rings is 1. The molecule has 31 heavy (non-hydrogen) atoms. The lowest BCUT2D eigenvalue weighted by Gasteiger charge is -2.35. The summed E-state index contributed by atoms with van der Waals surface area (Å²) in [5.41, 5.74) is 0.753. The number of amides is 1. The maximum Gasteiger partial charge on any atom is 0.409 e. The van der Waals surface area contributed by atoms with Gasteiger partial charge in [0.05, 0.1) is 11.8 Å². The second-order valence-corrected chi connectivity index (χ2v) is 6.99. The molecule has 3 heterocycles. The van der Waals surface area contributed by atoms with E-state index >= 15 is 0 Å². The first-order valence-corrected chi connectivity index (χ1v) is 9.01. The zero-order chi connectivity index (χ0) is 22.3. The molecule has 1 aliphatic heterocycles. The van der Waals surface area contributed by atoms with Crippen LogP contribution < -0.4 is 10.2 Å². The van der Waals surface area contributed by atoms with Crippen LogP contribution in [0, 0.1) is 5.82 Å². The first-order chi connectivity index (χ1) is 14.6. The first kappa shape index (κ1) is 20.6. The van der Waals surface area contributed by atoms with Gasteiger partial charge in [0.2, 0.25) is 11.9 Å². The molecule has 1 N–H and O–H groups in total. The van der Waals surface area contributed by atoms with Crippen molar-refractivity contribution in [1.82, 2.24) is 20.1 Å². The van der Waals surface area contributed by atoms with Crippen LogP contribution in [-0.4, -0.2) is 45.8 Å². The number of nitrogens with zero attached hydrogens (tertiary/aromatic N) is 4. The first-order valence-electron chi connectivity index (χ1n) is 9.01. The molecular formula is C19H15F4N5O3. The van der Waals surface area contributed by atoms with E-state index in [1.165, 1.54) is 41.5 Å². The van der Waals surface area contributed by atoms with Gasteiger partial charge in [-0.1, -0.05) is 12.1 Å². The summed E-state index contributed by atoms with van der Waals surface area (Å²) >= 11 is 0. The van der Waals surface area contributed by atoms with Crippen LogP contribution in [0.5, 0.6) is 0 Å². The lowest BCUT2D eigenvalue weighted by atomic mass is 9.89. The van der Waals surface area contributed by atoms with E-state index in [0.717, 1.165) is 10.9 Å². The van der Waals surface area contributed by atoms with Crippen LogP contribution >= 0.6 is 0 Å². The largest absolute Gasteiger partial charge is 0.472 e. The minimum atomic E-state index is -4.70. The maximum absolute atomic E-state index is 13.2. The Morgan fingerprint density at radius 1 is 1.26 bits per heavy atom. The molecule has 0 bridgehead atoms. The van der Waals surface area contributed by atoms with Gasteiger partial charge in [0, 0.05) is 13.6 Å². The van der Waals surface area contributed by atoms with Crippen molar-refractivity contribution in [3.63, 3.8) is 0 Å². The summed E-state index contributed by atoms with van der Waals surface area (Å²) in [6, 6.07) is 4.76. The highest BCUT2D eigenvalue weighted by molar-refractivity contribution is 5.97. The van der Waals surface area contributed by atoms with Gasteiger partial charge in [0.25, 0.3) is 5.91 Å². The van der Waals surface area contributed by atoms with Gasteiger partial charge >= 0.3 is 6.18 Å². The molecule has 2 atom stereocenters. The Morgan fingerprint density at radius 3 is 2.55 bits per heavy atom. The molecular weight excluding hydrogens is 422 g/mol. The number of β-lactam (4-membered cyclic amide) rings is 1. The third-order valence-corrected chi connectivity index (χ3v) is 4.79. The normalized spacial score (nSPS) is 18.4. The Bertz CT molecular complexity index is 1110. The predicted molar refractivity (Wildman–Crippen MR) is 97.7 cm³/mol. The second kappa shape index (κ2) is 7.52. The lowest BCUT2D eigenvalue weighted by Crippen LogP contribution is -2.63. The van der Waals surface area contributed by atoms with Crippen LogP contribution in [0.4, 0.5) is 23.5 Å². The number of carbonyl (C=O) groups is 2. The molecule has 1 amide bonds. The molecule has 8 nitrogen and oxygen atoms in total. The SMILES string of the molecule is CN(Cc1ccc(F)cc1)c1nc(C2C(=O)NC2C(F)(F)F)nn1C(=O)c1ccoc1. The molecule has 2 aromatic heterocycles. The van der Waals surface area contributed by atoms with E-state index in [-0.39, 0.29) is 18.1 Å². The summed E-state index contributed by atoms with van der Waals surface area (Å²) in [6.07, 6.45) is -2.28. The van der Waals surface area contributed by atoms with E-state index in [9.17, 15) is 27.2 Å². The fourth-order valence-corrected chi connectivity index (χ4v) is 3.20. The Labute approximate surface area is 172 Å². The predicted octanol–water partition coefficient (Wildman–Crippen LogP) is 2.48. The van der Waals surface area contributed by atoms with Gasteiger partial charge in [-0.2, -0.15) is 22.8 Å². The van der Waals surface area contributed by atoms with E-state index < -0.39 is 41.6 Å². The number of halogens is 4. The molecule has 0 spiro atoms. The van der Waals surface area contributed by atoms with Crippen LogP contribution in [0.15, 0.2) is 47.3 Å². The standard InChI is InChI=1S/C19H15F4N5O3/c1-27(8-10-2-4-12(20)5-3-10)18-25-15(13-14(19(21,22)23)24-16(13)29)26-28(18)17(30)11-6-7-31-9-11/h2-7,9,13-14H,8H2,1H3,(H,24,29). The fraction of sp³-hybridized carbons (Fsp3) is 0.263. The van der Waals surface area contributed by atoms with E-state index in [2.05, 4.69) is 10.1 Å². The van der Waals surface area contributed by atoms with E-state index in [1.54, 1.807) is 12.4 Å². The Hall–Kier alpha value is -3.70. The number of anilines is 1. The van der Waals surface area contributed by atoms with Crippen molar-refractivity contribution in [3.8, 4) is 0 Å². The van der Waals surface area contributed by atoms with Crippen molar-refractivity contribution in [2.75, 3.05) is 11.9 Å². The number of furan rings is 1. The quantitative estimate of drug-likeness (QED) is 0.487. The highest BCUT2D eigenvalue weighted by atomic mass is 19.4. The summed E-state index contributed by atoms with van der Waals surface area (Å²) in [7, 11) is 1.54. The molecule has 1 saturated heterocycles. The topological polar surface area (TPSA) is 93.3 Å². The highest BCUT2D eigenvalue weighted by Crippen LogP contribution is 2.37. The smallest absolute Gasteiger partial charge is 0.409 e. The van der Waals surface area contributed by atoms with Gasteiger partial charge in [0.15, 0.2) is 5.82 Å². The average Bonchev–Trinajstić information content (AvgIpc) is 3.37. The van der Waals surface area contributed by atoms with E-state index in [1.807, 2.05) is 0 Å². The summed E-state index contributed by atoms with van der Waals surface area (Å²) < 4.78 is 58.4. The number of aromatic nitrogens is 3. The number of carbonyl (C=O) groups excluding carboxylic acids is 2. The van der Waals surface area contributed by atoms with Crippen molar-refractivity contribution < 1.29 is 31.6 Å². The van der Waals surface area contributed by atoms with Crippen LogP contribution in [0.3, 0.4) is 0 Å². The molecule has 4 rings (SSSR count). The van der Waals surface area contributed by atoms with Crippen molar-refractivity contribution in [1.29, 1.82) is 0 Å². The van der Waals surface area contributed by atoms with E-state index in [4.69, 9.17) is 4.42 Å². The number of alkyl halides is 3. The van der Waals surface area contributed by atoms with Gasteiger partial charge in [-0.3, -0.25) is 9.59 Å². The Kier molecular flexibility index (Phi) is 4.99. The number of rotatable bonds is 5. The van der Waals surface area contributed by atoms with Crippen LogP contribution in [0.1, 0.15) is 27.7 Å². The lowest BCUT2D eigenvalue weighted by molar-refractivity contribution is -0.185. The number of hydrogen-bond donors (Lipinski definition) is 1. The van der Waals surface area contributed by atoms with Crippen LogP contribution in [-0.2, 0) is 11.3 Å². The summed E-state index contributed by atoms with van der Waals surface area (Å²) in [5, 5.41) is 5.72. The minimum absolute atomic E-state index is 0.0776. The van der Waals surface area contributed by atoms with Gasteiger partial charge in [-0.25, -0.2) is 4.39 Å². The van der Waals surface area contributed by atoms with Crippen molar-refractivity contribution in [3.05, 3.63) is 65.6 Å². The molecule has 0 aliphatic carbocycles. The van der Waals surface area contributed by atoms with Crippen molar-refractivity contribution in [2.24, 2.45) is 0 Å². The molecule has 1 aromatic carbocycles. The molecule has 1 fully saturated rings. The third kappa shape index (κ3) is 3.88. The molecule has 1 aliphatic rings. The van der Waals surface area contributed by atoms with Crippen molar-refractivity contribution in [2.45, 2.75) is 24.7 Å². The highest BCUT2D eigenvalue weighted by Gasteiger charge is 2.57. The minimum Gasteiger partial charge on any atom is -0.472 e. The summed E-state index contributed by atoms with van der Waals surface area (Å²) in [5.74, 6) is -4.19. The van der Waals surface area contributed by atoms with E-state index in [0.29, 0.717) is 5.56 Å². The average molecular weight is 437 g/mol. The molecule has 0 saturated carbocycles. The maximum atomic E-state index is 13.2.